The minimum atomic E-state index is 0.339. The van der Waals surface area contributed by atoms with Crippen LogP contribution in [0.1, 0.15) is 43.6 Å². The highest BCUT2D eigenvalue weighted by molar-refractivity contribution is 5.27. The molecule has 0 N–H and O–H groups in total. The van der Waals surface area contributed by atoms with Crippen LogP contribution in [0.25, 0.3) is 0 Å². The fourth-order valence-corrected chi connectivity index (χ4v) is 2.63. The van der Waals surface area contributed by atoms with E-state index in [0.29, 0.717) is 11.8 Å². The molecule has 78 valence electrons. The molecule has 0 heterocycles. The van der Waals surface area contributed by atoms with Crippen LogP contribution < -0.4 is 0 Å². The van der Waals surface area contributed by atoms with Crippen molar-refractivity contribution in [2.24, 2.45) is 5.92 Å². The number of hydrogen-bond donors (Lipinski definition) is 0. The number of terminal acetylenes is 1. The van der Waals surface area contributed by atoms with Crippen LogP contribution in [-0.2, 0) is 0 Å². The predicted molar refractivity (Wildman–Crippen MR) is 64.6 cm³/mol. The fraction of sp³-hybridized carbons (Fsp3) is 0.467. The zero-order valence-corrected chi connectivity index (χ0v) is 9.15. The van der Waals surface area contributed by atoms with Crippen molar-refractivity contribution in [3.63, 3.8) is 0 Å². The molecule has 0 bridgehead atoms. The van der Waals surface area contributed by atoms with Crippen molar-refractivity contribution in [1.82, 2.24) is 0 Å². The van der Waals surface area contributed by atoms with Crippen molar-refractivity contribution in [3.8, 4) is 12.3 Å². The maximum atomic E-state index is 5.69. The fourth-order valence-electron chi connectivity index (χ4n) is 2.63. The maximum Gasteiger partial charge on any atom is 0.0477 e. The van der Waals surface area contributed by atoms with Gasteiger partial charge < -0.3 is 0 Å². The molecule has 1 saturated carbocycles. The first-order valence-electron chi connectivity index (χ1n) is 5.93. The van der Waals surface area contributed by atoms with Gasteiger partial charge in [-0.2, -0.15) is 0 Å². The second-order valence-corrected chi connectivity index (χ2v) is 4.45. The highest BCUT2D eigenvalue weighted by atomic mass is 14.3. The molecule has 1 atom stereocenters. The molecule has 1 aliphatic rings. The number of rotatable bonds is 2. The van der Waals surface area contributed by atoms with Gasteiger partial charge in [0.05, 0.1) is 0 Å². The average molecular weight is 198 g/mol. The van der Waals surface area contributed by atoms with Gasteiger partial charge in [0.25, 0.3) is 0 Å². The smallest absolute Gasteiger partial charge is 0.0477 e. The molecule has 15 heavy (non-hydrogen) atoms. The Hall–Kier alpha value is -1.22. The van der Waals surface area contributed by atoms with E-state index in [4.69, 9.17) is 6.42 Å². The van der Waals surface area contributed by atoms with Gasteiger partial charge in [0, 0.05) is 5.92 Å². The molecule has 2 rings (SSSR count). The third kappa shape index (κ3) is 2.42. The molecule has 1 fully saturated rings. The third-order valence-electron chi connectivity index (χ3n) is 3.46. The van der Waals surface area contributed by atoms with Crippen molar-refractivity contribution in [2.45, 2.75) is 38.0 Å². The summed E-state index contributed by atoms with van der Waals surface area (Å²) in [5.74, 6) is 4.04. The van der Waals surface area contributed by atoms with Crippen LogP contribution in [0.5, 0.6) is 0 Å². The molecule has 0 saturated heterocycles. The summed E-state index contributed by atoms with van der Waals surface area (Å²) in [4.78, 5) is 0. The van der Waals surface area contributed by atoms with E-state index in [9.17, 15) is 0 Å². The van der Waals surface area contributed by atoms with E-state index in [0.717, 1.165) is 0 Å². The summed E-state index contributed by atoms with van der Waals surface area (Å²) in [6.07, 6.45) is 12.4. The van der Waals surface area contributed by atoms with E-state index in [1.807, 2.05) is 0 Å². The van der Waals surface area contributed by atoms with E-state index in [-0.39, 0.29) is 0 Å². The summed E-state index contributed by atoms with van der Waals surface area (Å²) in [6, 6.07) is 10.6. The van der Waals surface area contributed by atoms with Crippen molar-refractivity contribution in [2.75, 3.05) is 0 Å². The average Bonchev–Trinajstić information content (AvgIpc) is 2.33. The minimum Gasteiger partial charge on any atom is -0.119 e. The summed E-state index contributed by atoms with van der Waals surface area (Å²) in [5.41, 5.74) is 1.33. The first-order chi connectivity index (χ1) is 7.42. The third-order valence-corrected chi connectivity index (χ3v) is 3.46. The van der Waals surface area contributed by atoms with Crippen LogP contribution in [0.4, 0.5) is 0 Å². The van der Waals surface area contributed by atoms with E-state index in [1.54, 1.807) is 0 Å². The normalized spacial score (nSPS) is 19.4. The Bertz CT molecular complexity index is 325. The topological polar surface area (TPSA) is 0 Å². The Labute approximate surface area is 92.7 Å². The molecule has 0 heteroatoms. The zero-order chi connectivity index (χ0) is 10.5. The predicted octanol–water partition coefficient (Wildman–Crippen LogP) is 3.98. The van der Waals surface area contributed by atoms with Crippen molar-refractivity contribution < 1.29 is 0 Å². The largest absolute Gasteiger partial charge is 0.119 e. The second kappa shape index (κ2) is 5.03. The Kier molecular flexibility index (Phi) is 3.45. The zero-order valence-electron chi connectivity index (χ0n) is 9.15. The van der Waals surface area contributed by atoms with Crippen molar-refractivity contribution in [3.05, 3.63) is 35.9 Å². The quantitative estimate of drug-likeness (QED) is 0.630. The first kappa shape index (κ1) is 10.3. The summed E-state index contributed by atoms with van der Waals surface area (Å²) in [6.45, 7) is 0. The molecular weight excluding hydrogens is 180 g/mol. The van der Waals surface area contributed by atoms with Crippen molar-refractivity contribution >= 4 is 0 Å². The van der Waals surface area contributed by atoms with Gasteiger partial charge in [-0.3, -0.25) is 0 Å². The SMILES string of the molecule is C#CC(c1ccccc1)C1CCCCC1. The highest BCUT2D eigenvalue weighted by Crippen LogP contribution is 2.35. The maximum absolute atomic E-state index is 5.69. The highest BCUT2D eigenvalue weighted by Gasteiger charge is 2.22. The van der Waals surface area contributed by atoms with Gasteiger partial charge in [-0.25, -0.2) is 0 Å². The van der Waals surface area contributed by atoms with E-state index in [1.165, 1.54) is 37.7 Å². The number of hydrogen-bond acceptors (Lipinski definition) is 0. The summed E-state index contributed by atoms with van der Waals surface area (Å²) >= 11 is 0. The molecular formula is C15H18. The van der Waals surface area contributed by atoms with Gasteiger partial charge in [-0.05, 0) is 24.3 Å². The van der Waals surface area contributed by atoms with Crippen LogP contribution in [0.2, 0.25) is 0 Å². The summed E-state index contributed by atoms with van der Waals surface area (Å²) in [5, 5.41) is 0. The molecule has 0 nitrogen and oxygen atoms in total. The first-order valence-corrected chi connectivity index (χ1v) is 5.93. The van der Waals surface area contributed by atoms with Crippen LogP contribution in [0.3, 0.4) is 0 Å². The standard InChI is InChI=1S/C15H18/c1-2-15(13-9-5-3-6-10-13)14-11-7-4-8-12-14/h1,3,5-6,9-10,14-15H,4,7-8,11-12H2. The number of benzene rings is 1. The summed E-state index contributed by atoms with van der Waals surface area (Å²) < 4.78 is 0. The molecule has 0 spiro atoms. The van der Waals surface area contributed by atoms with E-state index >= 15 is 0 Å². The molecule has 1 aromatic rings. The lowest BCUT2D eigenvalue weighted by atomic mass is 9.77. The van der Waals surface area contributed by atoms with Crippen LogP contribution in [0.15, 0.2) is 30.3 Å². The monoisotopic (exact) mass is 198 g/mol. The Morgan fingerprint density at radius 1 is 1.07 bits per heavy atom. The summed E-state index contributed by atoms with van der Waals surface area (Å²) in [7, 11) is 0. The van der Waals surface area contributed by atoms with E-state index < -0.39 is 0 Å². The molecule has 0 amide bonds. The lowest BCUT2D eigenvalue weighted by Gasteiger charge is -2.27. The van der Waals surface area contributed by atoms with Gasteiger partial charge in [0.2, 0.25) is 0 Å². The van der Waals surface area contributed by atoms with Crippen LogP contribution in [-0.4, -0.2) is 0 Å². The molecule has 0 radical (unpaired) electrons. The molecule has 1 unspecified atom stereocenters. The van der Waals surface area contributed by atoms with Crippen LogP contribution >= 0.6 is 0 Å². The Balaban J connectivity index is 2.14. The van der Waals surface area contributed by atoms with Gasteiger partial charge >= 0.3 is 0 Å². The molecule has 1 aromatic carbocycles. The van der Waals surface area contributed by atoms with Gasteiger partial charge in [-0.15, -0.1) is 6.42 Å². The lowest BCUT2D eigenvalue weighted by molar-refractivity contribution is 0.337. The van der Waals surface area contributed by atoms with Crippen LogP contribution in [0, 0.1) is 18.3 Å². The van der Waals surface area contributed by atoms with Crippen molar-refractivity contribution in [1.29, 1.82) is 0 Å². The second-order valence-electron chi connectivity index (χ2n) is 4.45. The van der Waals surface area contributed by atoms with Gasteiger partial charge in [-0.1, -0.05) is 55.5 Å². The Morgan fingerprint density at radius 3 is 2.33 bits per heavy atom. The lowest BCUT2D eigenvalue weighted by Crippen LogP contribution is -2.14. The minimum absolute atomic E-state index is 0.339. The molecule has 0 aromatic heterocycles. The van der Waals surface area contributed by atoms with E-state index in [2.05, 4.69) is 36.3 Å². The van der Waals surface area contributed by atoms with Gasteiger partial charge in [0.15, 0.2) is 0 Å². The molecule has 0 aliphatic heterocycles. The van der Waals surface area contributed by atoms with Gasteiger partial charge in [0.1, 0.15) is 0 Å². The Morgan fingerprint density at radius 2 is 1.73 bits per heavy atom. The molecule has 1 aliphatic carbocycles.